The molecule has 2 N–H and O–H groups in total. The Bertz CT molecular complexity index is 1260. The van der Waals surface area contributed by atoms with Gasteiger partial charge in [0.15, 0.2) is 9.84 Å². The second kappa shape index (κ2) is 8.77. The van der Waals surface area contributed by atoms with Crippen molar-refractivity contribution in [1.29, 1.82) is 5.41 Å². The second-order valence-corrected chi connectivity index (χ2v) is 10.4. The van der Waals surface area contributed by atoms with Crippen LogP contribution in [-0.4, -0.2) is 32.5 Å². The third-order valence-electron chi connectivity index (χ3n) is 4.01. The number of allylic oxidation sites excluding steroid dienone is 2. The van der Waals surface area contributed by atoms with Crippen molar-refractivity contribution in [3.63, 3.8) is 0 Å². The molecule has 0 bridgehead atoms. The molecule has 0 saturated heterocycles. The predicted molar refractivity (Wildman–Crippen MR) is 116 cm³/mol. The van der Waals surface area contributed by atoms with Crippen LogP contribution in [0, 0.1) is 5.41 Å². The fraction of sp³-hybridized carbons (Fsp3) is 0.100. The summed E-state index contributed by atoms with van der Waals surface area (Å²) >= 11 is 2.04. The number of halogens is 3. The number of amides is 1. The van der Waals surface area contributed by atoms with Crippen LogP contribution in [0.2, 0.25) is 0 Å². The molecule has 11 heteroatoms. The zero-order valence-electron chi connectivity index (χ0n) is 15.9. The van der Waals surface area contributed by atoms with E-state index in [1.54, 1.807) is 29.6 Å². The highest BCUT2D eigenvalue weighted by Gasteiger charge is 2.35. The number of hydrogen-bond donors (Lipinski definition) is 2. The molecule has 0 aliphatic carbocycles. The lowest BCUT2D eigenvalue weighted by molar-refractivity contribution is -0.0956. The Morgan fingerprint density at radius 3 is 2.45 bits per heavy atom. The van der Waals surface area contributed by atoms with Gasteiger partial charge in [-0.2, -0.15) is 13.2 Å². The van der Waals surface area contributed by atoms with Crippen molar-refractivity contribution in [2.24, 2.45) is 0 Å². The highest BCUT2D eigenvalue weighted by Crippen LogP contribution is 2.31. The molecule has 3 aromatic rings. The number of sulfone groups is 1. The summed E-state index contributed by atoms with van der Waals surface area (Å²) in [6.45, 7) is 0. The van der Waals surface area contributed by atoms with Crippen molar-refractivity contribution >= 4 is 44.1 Å². The van der Waals surface area contributed by atoms with Gasteiger partial charge in [-0.25, -0.2) is 8.42 Å². The molecular formula is C20H15F3N2O3S3. The van der Waals surface area contributed by atoms with E-state index in [0.717, 1.165) is 28.9 Å². The summed E-state index contributed by atoms with van der Waals surface area (Å²) in [5.74, 6) is -0.907. The van der Waals surface area contributed by atoms with Crippen molar-refractivity contribution in [2.45, 2.75) is 11.1 Å². The minimum atomic E-state index is -4.86. The number of benzene rings is 1. The summed E-state index contributed by atoms with van der Waals surface area (Å²) in [5.41, 5.74) is -1.21. The minimum Gasteiger partial charge on any atom is -0.317 e. The Hall–Kier alpha value is -2.76. The summed E-state index contributed by atoms with van der Waals surface area (Å²) in [5, 5.41) is 11.5. The molecule has 1 amide bonds. The van der Waals surface area contributed by atoms with Crippen LogP contribution < -0.4 is 5.32 Å². The van der Waals surface area contributed by atoms with Gasteiger partial charge in [-0.1, -0.05) is 18.2 Å². The van der Waals surface area contributed by atoms with Crippen LogP contribution in [0.1, 0.15) is 14.5 Å². The average molecular weight is 485 g/mol. The van der Waals surface area contributed by atoms with E-state index >= 15 is 0 Å². The van der Waals surface area contributed by atoms with Gasteiger partial charge in [0.2, 0.25) is 0 Å². The van der Waals surface area contributed by atoms with E-state index in [4.69, 9.17) is 5.41 Å². The Labute approximate surface area is 184 Å². The molecule has 0 spiro atoms. The third kappa shape index (κ3) is 5.69. The van der Waals surface area contributed by atoms with E-state index in [9.17, 15) is 26.4 Å². The van der Waals surface area contributed by atoms with Crippen LogP contribution in [-0.2, 0) is 9.84 Å². The Kier molecular flexibility index (Phi) is 6.48. The monoisotopic (exact) mass is 484 g/mol. The van der Waals surface area contributed by atoms with Gasteiger partial charge in [0.25, 0.3) is 5.91 Å². The standard InChI is InChI=1S/C20H15F3N2O3S3/c1-31(27,28)13-5-2-4-12(10-13)15-7-8-16(30-15)14(24)11-18(20(21,22)23)25-19(26)17-6-3-9-29-17/h2-11,24H,1H3,(H,25,26)/b18-11-,24-14?. The van der Waals surface area contributed by atoms with Crippen LogP contribution in [0.5, 0.6) is 0 Å². The fourth-order valence-corrected chi connectivity index (χ4v) is 4.72. The summed E-state index contributed by atoms with van der Waals surface area (Å²) in [7, 11) is -3.42. The maximum absolute atomic E-state index is 13.4. The third-order valence-corrected chi connectivity index (χ3v) is 7.15. The van der Waals surface area contributed by atoms with E-state index in [1.807, 2.05) is 5.32 Å². The van der Waals surface area contributed by atoms with Gasteiger partial charge in [0, 0.05) is 11.1 Å². The lowest BCUT2D eigenvalue weighted by Crippen LogP contribution is -2.31. The van der Waals surface area contributed by atoms with Gasteiger partial charge in [0.1, 0.15) is 5.70 Å². The van der Waals surface area contributed by atoms with Gasteiger partial charge < -0.3 is 5.32 Å². The minimum absolute atomic E-state index is 0.116. The predicted octanol–water partition coefficient (Wildman–Crippen LogP) is 5.12. The van der Waals surface area contributed by atoms with Crippen molar-refractivity contribution < 1.29 is 26.4 Å². The lowest BCUT2D eigenvalue weighted by Gasteiger charge is -2.13. The normalized spacial score (nSPS) is 12.6. The first-order valence-electron chi connectivity index (χ1n) is 8.58. The second-order valence-electron chi connectivity index (χ2n) is 6.36. The van der Waals surface area contributed by atoms with E-state index < -0.39 is 33.3 Å². The van der Waals surface area contributed by atoms with Crippen molar-refractivity contribution in [3.8, 4) is 10.4 Å². The zero-order valence-corrected chi connectivity index (χ0v) is 18.3. The SMILES string of the molecule is CS(=O)(=O)c1cccc(-c2ccc(C(=N)/C=C(\NC(=O)c3cccs3)C(F)(F)F)s2)c1. The molecule has 3 rings (SSSR count). The number of carbonyl (C=O) groups is 1. The van der Waals surface area contributed by atoms with Crippen LogP contribution in [0.15, 0.2) is 70.6 Å². The summed E-state index contributed by atoms with van der Waals surface area (Å²) in [4.78, 5) is 13.1. The molecule has 31 heavy (non-hydrogen) atoms. The molecule has 0 unspecified atom stereocenters. The first kappa shape index (κ1) is 22.9. The zero-order chi connectivity index (χ0) is 22.8. The molecule has 0 atom stereocenters. The highest BCUT2D eigenvalue weighted by molar-refractivity contribution is 7.90. The Morgan fingerprint density at radius 1 is 1.10 bits per heavy atom. The maximum Gasteiger partial charge on any atom is 0.431 e. The molecule has 2 heterocycles. The van der Waals surface area contributed by atoms with E-state index in [-0.39, 0.29) is 14.6 Å². The smallest absolute Gasteiger partial charge is 0.317 e. The van der Waals surface area contributed by atoms with Crippen LogP contribution in [0.3, 0.4) is 0 Å². The van der Waals surface area contributed by atoms with Crippen LogP contribution in [0.4, 0.5) is 13.2 Å². The Balaban J connectivity index is 1.87. The molecular weight excluding hydrogens is 469 g/mol. The van der Waals surface area contributed by atoms with Gasteiger partial charge in [0.05, 0.1) is 20.4 Å². The molecule has 0 radical (unpaired) electrons. The first-order chi connectivity index (χ1) is 14.4. The number of alkyl halides is 3. The first-order valence-corrected chi connectivity index (χ1v) is 12.2. The van der Waals surface area contributed by atoms with E-state index in [0.29, 0.717) is 16.5 Å². The number of carbonyl (C=O) groups excluding carboxylic acids is 1. The molecule has 162 valence electrons. The molecule has 0 fully saturated rings. The van der Waals surface area contributed by atoms with Crippen molar-refractivity contribution in [1.82, 2.24) is 5.32 Å². The largest absolute Gasteiger partial charge is 0.431 e. The van der Waals surface area contributed by atoms with Gasteiger partial charge in [-0.15, -0.1) is 22.7 Å². The van der Waals surface area contributed by atoms with Crippen molar-refractivity contribution in [3.05, 3.63) is 75.4 Å². The molecule has 0 saturated carbocycles. The summed E-state index contributed by atoms with van der Waals surface area (Å²) in [6, 6.07) is 12.2. The lowest BCUT2D eigenvalue weighted by atomic mass is 10.2. The van der Waals surface area contributed by atoms with Gasteiger partial charge >= 0.3 is 6.18 Å². The average Bonchev–Trinajstić information content (AvgIpc) is 3.38. The highest BCUT2D eigenvalue weighted by atomic mass is 32.2. The van der Waals surface area contributed by atoms with E-state index in [2.05, 4.69) is 0 Å². The molecule has 0 aliphatic rings. The van der Waals surface area contributed by atoms with Gasteiger partial charge in [-0.3, -0.25) is 10.2 Å². The topological polar surface area (TPSA) is 87.1 Å². The molecule has 0 aliphatic heterocycles. The summed E-state index contributed by atoms with van der Waals surface area (Å²) < 4.78 is 63.7. The number of rotatable bonds is 6. The van der Waals surface area contributed by atoms with Crippen LogP contribution >= 0.6 is 22.7 Å². The van der Waals surface area contributed by atoms with E-state index in [1.165, 1.54) is 24.3 Å². The van der Waals surface area contributed by atoms with Crippen molar-refractivity contribution in [2.75, 3.05) is 6.26 Å². The molecule has 5 nitrogen and oxygen atoms in total. The molecule has 2 aromatic heterocycles. The maximum atomic E-state index is 13.4. The Morgan fingerprint density at radius 2 is 1.84 bits per heavy atom. The number of hydrogen-bond acceptors (Lipinski definition) is 6. The number of nitrogens with one attached hydrogen (secondary N) is 2. The quantitative estimate of drug-likeness (QED) is 0.476. The molecule has 1 aromatic carbocycles. The van der Waals surface area contributed by atoms with Crippen LogP contribution in [0.25, 0.3) is 10.4 Å². The number of thiophene rings is 2. The fourth-order valence-electron chi connectivity index (χ4n) is 2.51. The van der Waals surface area contributed by atoms with Gasteiger partial charge in [-0.05, 0) is 47.4 Å². The summed E-state index contributed by atoms with van der Waals surface area (Å²) in [6.07, 6.45) is -3.22.